The van der Waals surface area contributed by atoms with E-state index in [1.807, 2.05) is 45.9 Å². The Bertz CT molecular complexity index is 1020. The molecule has 0 aliphatic carbocycles. The molecular formula is C21H20N2O3. The first-order valence-electron chi connectivity index (χ1n) is 8.73. The third kappa shape index (κ3) is 2.75. The molecular weight excluding hydrogens is 328 g/mol. The number of carbonyl (C=O) groups is 1. The third-order valence-corrected chi connectivity index (χ3v) is 4.89. The zero-order valence-corrected chi connectivity index (χ0v) is 14.6. The fourth-order valence-corrected chi connectivity index (χ4v) is 3.66. The molecule has 1 amide bonds. The molecule has 5 nitrogen and oxygen atoms in total. The van der Waals surface area contributed by atoms with Crippen LogP contribution in [-0.2, 0) is 17.8 Å². The number of para-hydroxylation sites is 2. The Labute approximate surface area is 151 Å². The minimum atomic E-state index is -0.0331. The van der Waals surface area contributed by atoms with Gasteiger partial charge in [-0.05, 0) is 36.6 Å². The van der Waals surface area contributed by atoms with E-state index in [0.29, 0.717) is 11.9 Å². The van der Waals surface area contributed by atoms with Gasteiger partial charge in [0.1, 0.15) is 12.3 Å². The molecule has 0 atom stereocenters. The molecule has 1 aromatic heterocycles. The number of aryl methyl sites for hydroxylation is 1. The highest BCUT2D eigenvalue weighted by molar-refractivity contribution is 5.97. The monoisotopic (exact) mass is 348 g/mol. The predicted molar refractivity (Wildman–Crippen MR) is 102 cm³/mol. The van der Waals surface area contributed by atoms with Crippen LogP contribution in [0.15, 0.2) is 59.5 Å². The van der Waals surface area contributed by atoms with Gasteiger partial charge in [0.05, 0.1) is 18.3 Å². The van der Waals surface area contributed by atoms with E-state index in [0.717, 1.165) is 35.4 Å². The van der Waals surface area contributed by atoms with Crippen molar-refractivity contribution in [3.8, 4) is 5.75 Å². The summed E-state index contributed by atoms with van der Waals surface area (Å²) in [5.74, 6) is 0.713. The van der Waals surface area contributed by atoms with Crippen molar-refractivity contribution in [2.75, 3.05) is 18.6 Å². The predicted octanol–water partition coefficient (Wildman–Crippen LogP) is 2.99. The second-order valence-corrected chi connectivity index (χ2v) is 6.44. The molecule has 1 aliphatic rings. The van der Waals surface area contributed by atoms with E-state index in [4.69, 9.17) is 4.74 Å². The van der Waals surface area contributed by atoms with Crippen molar-refractivity contribution in [3.63, 3.8) is 0 Å². The van der Waals surface area contributed by atoms with E-state index in [1.165, 1.54) is 6.07 Å². The molecule has 0 fully saturated rings. The highest BCUT2D eigenvalue weighted by Crippen LogP contribution is 2.36. The van der Waals surface area contributed by atoms with E-state index in [9.17, 15) is 9.59 Å². The van der Waals surface area contributed by atoms with Gasteiger partial charge in [0.25, 0.3) is 0 Å². The number of ether oxygens (including phenoxy) is 1. The molecule has 3 aromatic rings. The van der Waals surface area contributed by atoms with Crippen molar-refractivity contribution in [2.45, 2.75) is 19.4 Å². The largest absolute Gasteiger partial charge is 0.495 e. The molecule has 2 aromatic carbocycles. The van der Waals surface area contributed by atoms with Crippen molar-refractivity contribution in [2.24, 2.45) is 0 Å². The number of aromatic nitrogens is 1. The van der Waals surface area contributed by atoms with Crippen LogP contribution < -0.4 is 15.1 Å². The smallest absolute Gasteiger partial charge is 0.247 e. The van der Waals surface area contributed by atoms with E-state index in [-0.39, 0.29) is 17.9 Å². The lowest BCUT2D eigenvalue weighted by molar-refractivity contribution is -0.119. The molecule has 0 unspecified atom stereocenters. The van der Waals surface area contributed by atoms with Gasteiger partial charge in [0, 0.05) is 24.2 Å². The van der Waals surface area contributed by atoms with Gasteiger partial charge in [0.15, 0.2) is 5.43 Å². The normalized spacial score (nSPS) is 13.5. The Morgan fingerprint density at radius 3 is 2.81 bits per heavy atom. The number of methoxy groups -OCH3 is 1. The summed E-state index contributed by atoms with van der Waals surface area (Å²) in [5, 5.41) is 0.624. The van der Waals surface area contributed by atoms with Crippen molar-refractivity contribution >= 4 is 22.5 Å². The summed E-state index contributed by atoms with van der Waals surface area (Å²) in [5.41, 5.74) is 2.74. The molecule has 0 bridgehead atoms. The van der Waals surface area contributed by atoms with Crippen LogP contribution in [0.3, 0.4) is 0 Å². The highest BCUT2D eigenvalue weighted by Gasteiger charge is 2.26. The molecule has 26 heavy (non-hydrogen) atoms. The van der Waals surface area contributed by atoms with Gasteiger partial charge >= 0.3 is 0 Å². The van der Waals surface area contributed by atoms with Crippen LogP contribution in [0.5, 0.6) is 5.75 Å². The first kappa shape index (κ1) is 16.4. The number of pyridine rings is 1. The average molecular weight is 348 g/mol. The van der Waals surface area contributed by atoms with Crippen LogP contribution in [0.4, 0.5) is 5.69 Å². The number of anilines is 1. The molecule has 0 N–H and O–H groups in total. The molecule has 0 radical (unpaired) electrons. The SMILES string of the molecule is COc1cccc2c1N(C(=O)Cn1ccc(=O)c3ccccc31)CCC2. The Morgan fingerprint density at radius 2 is 1.96 bits per heavy atom. The van der Waals surface area contributed by atoms with Gasteiger partial charge in [-0.2, -0.15) is 0 Å². The lowest BCUT2D eigenvalue weighted by Gasteiger charge is -2.31. The molecule has 1 aliphatic heterocycles. The van der Waals surface area contributed by atoms with Gasteiger partial charge in [-0.3, -0.25) is 9.59 Å². The third-order valence-electron chi connectivity index (χ3n) is 4.89. The summed E-state index contributed by atoms with van der Waals surface area (Å²) in [7, 11) is 1.63. The summed E-state index contributed by atoms with van der Waals surface area (Å²) in [6, 6.07) is 14.8. The van der Waals surface area contributed by atoms with E-state index in [2.05, 4.69) is 0 Å². The molecule has 0 spiro atoms. The number of carbonyl (C=O) groups excluding carboxylic acids is 1. The highest BCUT2D eigenvalue weighted by atomic mass is 16.5. The van der Waals surface area contributed by atoms with Crippen LogP contribution >= 0.6 is 0 Å². The topological polar surface area (TPSA) is 51.5 Å². The second kappa shape index (κ2) is 6.67. The first-order chi connectivity index (χ1) is 12.7. The summed E-state index contributed by atoms with van der Waals surface area (Å²) < 4.78 is 7.32. The van der Waals surface area contributed by atoms with Gasteiger partial charge < -0.3 is 14.2 Å². The van der Waals surface area contributed by atoms with Gasteiger partial charge in [-0.1, -0.05) is 24.3 Å². The van der Waals surface area contributed by atoms with Crippen LogP contribution in [0, 0.1) is 0 Å². The molecule has 0 saturated heterocycles. The molecule has 2 heterocycles. The van der Waals surface area contributed by atoms with Crippen LogP contribution in [0.2, 0.25) is 0 Å². The van der Waals surface area contributed by atoms with Gasteiger partial charge in [-0.25, -0.2) is 0 Å². The van der Waals surface area contributed by atoms with E-state index in [1.54, 1.807) is 19.4 Å². The zero-order valence-electron chi connectivity index (χ0n) is 14.6. The van der Waals surface area contributed by atoms with Crippen molar-refractivity contribution in [1.29, 1.82) is 0 Å². The maximum atomic E-state index is 13.1. The fraction of sp³-hybridized carbons (Fsp3) is 0.238. The maximum absolute atomic E-state index is 13.1. The van der Waals surface area contributed by atoms with E-state index >= 15 is 0 Å². The first-order valence-corrected chi connectivity index (χ1v) is 8.73. The average Bonchev–Trinajstić information content (AvgIpc) is 2.69. The van der Waals surface area contributed by atoms with Crippen molar-refractivity contribution in [3.05, 3.63) is 70.5 Å². The summed E-state index contributed by atoms with van der Waals surface area (Å²) >= 11 is 0. The molecule has 0 saturated carbocycles. The molecule has 4 rings (SSSR count). The van der Waals surface area contributed by atoms with Gasteiger partial charge in [-0.15, -0.1) is 0 Å². The second-order valence-electron chi connectivity index (χ2n) is 6.44. The summed E-state index contributed by atoms with van der Waals surface area (Å²) in [6.07, 6.45) is 3.56. The number of hydrogen-bond acceptors (Lipinski definition) is 3. The number of nitrogens with zero attached hydrogens (tertiary/aromatic N) is 2. The standard InChI is InChI=1S/C21H20N2O3/c1-26-19-10-4-6-15-7-5-12-23(21(15)19)20(25)14-22-13-11-18(24)16-8-2-3-9-17(16)22/h2-4,6,8-11,13H,5,7,12,14H2,1H3. The lowest BCUT2D eigenvalue weighted by Crippen LogP contribution is -2.38. The minimum Gasteiger partial charge on any atom is -0.495 e. The Hall–Kier alpha value is -3.08. The maximum Gasteiger partial charge on any atom is 0.247 e. The molecule has 5 heteroatoms. The van der Waals surface area contributed by atoms with Crippen LogP contribution in [0.25, 0.3) is 10.9 Å². The Kier molecular flexibility index (Phi) is 4.21. The summed E-state index contributed by atoms with van der Waals surface area (Å²) in [4.78, 5) is 26.9. The van der Waals surface area contributed by atoms with Crippen LogP contribution in [0.1, 0.15) is 12.0 Å². The molecule has 132 valence electrons. The number of hydrogen-bond donors (Lipinski definition) is 0. The van der Waals surface area contributed by atoms with E-state index < -0.39 is 0 Å². The quantitative estimate of drug-likeness (QED) is 0.731. The zero-order chi connectivity index (χ0) is 18.1. The number of fused-ring (bicyclic) bond motifs is 2. The van der Waals surface area contributed by atoms with Crippen LogP contribution in [-0.4, -0.2) is 24.1 Å². The Balaban J connectivity index is 1.71. The van der Waals surface area contributed by atoms with Crippen molar-refractivity contribution < 1.29 is 9.53 Å². The fourth-order valence-electron chi connectivity index (χ4n) is 3.66. The minimum absolute atomic E-state index is 0.00995. The summed E-state index contributed by atoms with van der Waals surface area (Å²) in [6.45, 7) is 0.850. The number of rotatable bonds is 3. The van der Waals surface area contributed by atoms with Gasteiger partial charge in [0.2, 0.25) is 5.91 Å². The van der Waals surface area contributed by atoms with Crippen molar-refractivity contribution in [1.82, 2.24) is 4.57 Å². The number of benzene rings is 2. The lowest BCUT2D eigenvalue weighted by atomic mass is 10.0. The number of amides is 1. The Morgan fingerprint density at radius 1 is 1.12 bits per heavy atom.